The van der Waals surface area contributed by atoms with Crippen LogP contribution >= 0.6 is 0 Å². The van der Waals surface area contributed by atoms with Crippen molar-refractivity contribution in [3.05, 3.63) is 36.5 Å². The first-order chi connectivity index (χ1) is 9.99. The molecule has 0 saturated carbocycles. The molecule has 3 N–H and O–H groups in total. The molecule has 0 aromatic carbocycles. The summed E-state index contributed by atoms with van der Waals surface area (Å²) >= 11 is 0. The summed E-state index contributed by atoms with van der Waals surface area (Å²) in [6.45, 7) is 7.70. The predicted molar refractivity (Wildman–Crippen MR) is 81.3 cm³/mol. The summed E-state index contributed by atoms with van der Waals surface area (Å²) in [5.41, 5.74) is 0.415. The molecule has 0 saturated heterocycles. The lowest BCUT2D eigenvalue weighted by Crippen LogP contribution is -2.35. The van der Waals surface area contributed by atoms with Crippen molar-refractivity contribution in [3.8, 4) is 0 Å². The second-order valence-electron chi connectivity index (χ2n) is 4.78. The molecule has 1 aromatic rings. The van der Waals surface area contributed by atoms with Gasteiger partial charge in [0.1, 0.15) is 11.9 Å². The number of nitrogens with one attached hydrogen (secondary N) is 2. The normalized spacial score (nSPS) is 13.0. The highest BCUT2D eigenvalue weighted by Gasteiger charge is 2.23. The molecule has 0 aliphatic heterocycles. The van der Waals surface area contributed by atoms with E-state index < -0.39 is 12.0 Å². The van der Waals surface area contributed by atoms with Gasteiger partial charge in [0.05, 0.1) is 5.56 Å². The minimum Gasteiger partial charge on any atom is -0.480 e. The highest BCUT2D eigenvalue weighted by molar-refractivity contribution is 5.94. The Kier molecular flexibility index (Phi) is 6.39. The Bertz CT molecular complexity index is 499. The summed E-state index contributed by atoms with van der Waals surface area (Å²) < 4.78 is 0. The van der Waals surface area contributed by atoms with Gasteiger partial charge >= 0.3 is 5.97 Å². The largest absolute Gasteiger partial charge is 0.480 e. The van der Waals surface area contributed by atoms with Gasteiger partial charge in [0.2, 0.25) is 0 Å². The average molecular weight is 291 g/mol. The van der Waals surface area contributed by atoms with Gasteiger partial charge in [-0.15, -0.1) is 6.58 Å². The van der Waals surface area contributed by atoms with Crippen molar-refractivity contribution in [2.75, 3.05) is 11.9 Å². The van der Waals surface area contributed by atoms with Crippen LogP contribution in [0, 0.1) is 5.92 Å². The van der Waals surface area contributed by atoms with E-state index in [1.165, 1.54) is 6.20 Å². The van der Waals surface area contributed by atoms with Crippen molar-refractivity contribution in [1.29, 1.82) is 0 Å². The maximum atomic E-state index is 11.7. The molecule has 0 bridgehead atoms. The van der Waals surface area contributed by atoms with Crippen LogP contribution in [0.5, 0.6) is 0 Å². The van der Waals surface area contributed by atoms with Crippen molar-refractivity contribution in [1.82, 2.24) is 10.3 Å². The maximum absolute atomic E-state index is 11.7. The van der Waals surface area contributed by atoms with Crippen LogP contribution < -0.4 is 10.6 Å². The average Bonchev–Trinajstić information content (AvgIpc) is 2.49. The van der Waals surface area contributed by atoms with Crippen LogP contribution in [-0.4, -0.2) is 34.6 Å². The summed E-state index contributed by atoms with van der Waals surface area (Å²) in [5, 5.41) is 14.7. The minimum absolute atomic E-state index is 0.0279. The van der Waals surface area contributed by atoms with E-state index in [2.05, 4.69) is 22.2 Å². The van der Waals surface area contributed by atoms with E-state index >= 15 is 0 Å². The number of anilines is 1. The Labute approximate surface area is 124 Å². The van der Waals surface area contributed by atoms with Crippen LogP contribution in [0.4, 0.5) is 5.82 Å². The van der Waals surface area contributed by atoms with E-state index in [4.69, 9.17) is 0 Å². The number of hydrogen-bond acceptors (Lipinski definition) is 4. The first-order valence-electron chi connectivity index (χ1n) is 6.84. The topological polar surface area (TPSA) is 91.3 Å². The molecule has 6 heteroatoms. The van der Waals surface area contributed by atoms with Crippen LogP contribution in [-0.2, 0) is 4.79 Å². The second-order valence-corrected chi connectivity index (χ2v) is 4.78. The quantitative estimate of drug-likeness (QED) is 0.636. The van der Waals surface area contributed by atoms with Crippen LogP contribution in [0.3, 0.4) is 0 Å². The smallest absolute Gasteiger partial charge is 0.326 e. The monoisotopic (exact) mass is 291 g/mol. The highest BCUT2D eigenvalue weighted by atomic mass is 16.4. The summed E-state index contributed by atoms with van der Waals surface area (Å²) in [4.78, 5) is 27.0. The van der Waals surface area contributed by atoms with E-state index in [9.17, 15) is 14.7 Å². The summed E-state index contributed by atoms with van der Waals surface area (Å²) in [7, 11) is 0. The number of carbonyl (C=O) groups excluding carboxylic acids is 1. The van der Waals surface area contributed by atoms with E-state index in [1.807, 2.05) is 13.8 Å². The Hall–Kier alpha value is -2.37. The van der Waals surface area contributed by atoms with Crippen molar-refractivity contribution in [2.24, 2.45) is 5.92 Å². The van der Waals surface area contributed by atoms with Gasteiger partial charge in [-0.2, -0.15) is 0 Å². The minimum atomic E-state index is -0.918. The zero-order valence-electron chi connectivity index (χ0n) is 12.3. The molecule has 114 valence electrons. The zero-order chi connectivity index (χ0) is 15.8. The Morgan fingerprint density at radius 3 is 2.67 bits per heavy atom. The molecule has 0 radical (unpaired) electrons. The van der Waals surface area contributed by atoms with Crippen molar-refractivity contribution in [3.63, 3.8) is 0 Å². The highest BCUT2D eigenvalue weighted by Crippen LogP contribution is 2.14. The number of aromatic nitrogens is 1. The molecule has 6 nitrogen and oxygen atoms in total. The Morgan fingerprint density at radius 1 is 1.48 bits per heavy atom. The number of carboxylic acids is 1. The SMILES string of the molecule is C=CCNC(=O)c1ccc(N[C@H](C(=O)O)[C@@H](C)CC)nc1. The number of amides is 1. The third kappa shape index (κ3) is 4.91. The molecule has 1 aromatic heterocycles. The summed E-state index contributed by atoms with van der Waals surface area (Å²) in [5.74, 6) is -0.757. The lowest BCUT2D eigenvalue weighted by Gasteiger charge is -2.20. The fraction of sp³-hybridized carbons (Fsp3) is 0.400. The zero-order valence-corrected chi connectivity index (χ0v) is 12.3. The van der Waals surface area contributed by atoms with Gasteiger partial charge in [-0.3, -0.25) is 4.79 Å². The number of hydrogen-bond donors (Lipinski definition) is 3. The molecule has 21 heavy (non-hydrogen) atoms. The molecular weight excluding hydrogens is 270 g/mol. The first-order valence-corrected chi connectivity index (χ1v) is 6.84. The van der Waals surface area contributed by atoms with Crippen molar-refractivity contribution >= 4 is 17.7 Å². The summed E-state index contributed by atoms with van der Waals surface area (Å²) in [6, 6.07) is 2.49. The lowest BCUT2D eigenvalue weighted by molar-refractivity contribution is -0.139. The van der Waals surface area contributed by atoms with Crippen LogP contribution in [0.15, 0.2) is 31.0 Å². The fourth-order valence-electron chi connectivity index (χ4n) is 1.72. The third-order valence-electron chi connectivity index (χ3n) is 3.22. The maximum Gasteiger partial charge on any atom is 0.326 e. The number of pyridine rings is 1. The van der Waals surface area contributed by atoms with Gasteiger partial charge in [0.25, 0.3) is 5.91 Å². The number of carbonyl (C=O) groups is 2. The van der Waals surface area contributed by atoms with Gasteiger partial charge < -0.3 is 15.7 Å². The van der Waals surface area contributed by atoms with E-state index in [1.54, 1.807) is 18.2 Å². The number of carboxylic acid groups (broad SMARTS) is 1. The number of aliphatic carboxylic acids is 1. The molecule has 1 heterocycles. The predicted octanol–water partition coefficient (Wildman–Crippen LogP) is 1.91. The van der Waals surface area contributed by atoms with Gasteiger partial charge in [-0.1, -0.05) is 26.3 Å². The molecule has 0 aliphatic rings. The second kappa shape index (κ2) is 8.04. The Balaban J connectivity index is 2.75. The fourth-order valence-corrected chi connectivity index (χ4v) is 1.72. The molecule has 0 unspecified atom stereocenters. The standard InChI is InChI=1S/C15H21N3O3/c1-4-8-16-14(19)11-6-7-12(17-9-11)18-13(15(20)21)10(3)5-2/h4,6-7,9-10,13H,1,5,8H2,2-3H3,(H,16,19)(H,17,18)(H,20,21)/t10-,13-/m0/s1. The van der Waals surface area contributed by atoms with Crippen LogP contribution in [0.1, 0.15) is 30.6 Å². The van der Waals surface area contributed by atoms with Crippen LogP contribution in [0.2, 0.25) is 0 Å². The summed E-state index contributed by atoms with van der Waals surface area (Å²) in [6.07, 6.45) is 3.74. The number of nitrogens with zero attached hydrogens (tertiary/aromatic N) is 1. The molecule has 0 aliphatic carbocycles. The lowest BCUT2D eigenvalue weighted by atomic mass is 9.99. The van der Waals surface area contributed by atoms with Crippen molar-refractivity contribution in [2.45, 2.75) is 26.3 Å². The molecule has 0 fully saturated rings. The van der Waals surface area contributed by atoms with E-state index in [0.717, 1.165) is 6.42 Å². The van der Waals surface area contributed by atoms with Gasteiger partial charge in [0.15, 0.2) is 0 Å². The van der Waals surface area contributed by atoms with Gasteiger partial charge in [0, 0.05) is 12.7 Å². The Morgan fingerprint density at radius 2 is 2.19 bits per heavy atom. The molecule has 0 spiro atoms. The molecule has 1 amide bonds. The number of rotatable bonds is 8. The van der Waals surface area contributed by atoms with Gasteiger partial charge in [-0.05, 0) is 18.1 Å². The van der Waals surface area contributed by atoms with Crippen LogP contribution in [0.25, 0.3) is 0 Å². The molecular formula is C15H21N3O3. The van der Waals surface area contributed by atoms with E-state index in [0.29, 0.717) is 17.9 Å². The molecule has 2 atom stereocenters. The van der Waals surface area contributed by atoms with E-state index in [-0.39, 0.29) is 11.8 Å². The van der Waals surface area contributed by atoms with Crippen molar-refractivity contribution < 1.29 is 14.7 Å². The third-order valence-corrected chi connectivity index (χ3v) is 3.22. The molecule has 1 rings (SSSR count). The first kappa shape index (κ1) is 16.7. The van der Waals surface area contributed by atoms with Gasteiger partial charge in [-0.25, -0.2) is 9.78 Å².